The minimum atomic E-state index is -0.657. The average Bonchev–Trinajstić information content (AvgIpc) is 2.43. The Morgan fingerprint density at radius 1 is 1.20 bits per heavy atom. The lowest BCUT2D eigenvalue weighted by atomic mass is 9.79. The van der Waals surface area contributed by atoms with Crippen molar-refractivity contribution in [1.29, 1.82) is 0 Å². The number of hydrogen-bond donors (Lipinski definition) is 2. The average molecular weight is 298 g/mol. The highest BCUT2D eigenvalue weighted by Gasteiger charge is 2.39. The number of nitrogens with two attached hydrogens (primary N) is 1. The number of carbonyl (C=O) groups is 1. The monoisotopic (exact) mass is 298 g/mol. The van der Waals surface area contributed by atoms with Crippen LogP contribution in [0.15, 0.2) is 0 Å². The molecule has 20 heavy (non-hydrogen) atoms. The summed E-state index contributed by atoms with van der Waals surface area (Å²) in [6, 6.07) is 0.308. The van der Waals surface area contributed by atoms with Gasteiger partial charge < -0.3 is 11.1 Å². The zero-order valence-corrected chi connectivity index (χ0v) is 14.0. The Balaban J connectivity index is 2.56. The number of thiocarbonyl (C=S) groups is 1. The van der Waals surface area contributed by atoms with Crippen LogP contribution in [-0.2, 0) is 4.79 Å². The maximum atomic E-state index is 12.6. The molecule has 1 saturated carbocycles. The van der Waals surface area contributed by atoms with Crippen LogP contribution in [0, 0.1) is 11.3 Å². The second-order valence-corrected chi connectivity index (χ2v) is 6.57. The van der Waals surface area contributed by atoms with Crippen LogP contribution in [-0.4, -0.2) is 16.9 Å². The molecule has 0 spiro atoms. The van der Waals surface area contributed by atoms with Gasteiger partial charge in [0.05, 0.1) is 10.4 Å². The van der Waals surface area contributed by atoms with Gasteiger partial charge in [-0.1, -0.05) is 45.8 Å². The van der Waals surface area contributed by atoms with E-state index in [2.05, 4.69) is 12.2 Å². The molecule has 0 saturated heterocycles. The van der Waals surface area contributed by atoms with Crippen molar-refractivity contribution < 1.29 is 4.79 Å². The summed E-state index contributed by atoms with van der Waals surface area (Å²) in [7, 11) is 0. The van der Waals surface area contributed by atoms with Gasteiger partial charge in [-0.25, -0.2) is 0 Å². The van der Waals surface area contributed by atoms with Gasteiger partial charge in [0, 0.05) is 6.04 Å². The van der Waals surface area contributed by atoms with Crippen LogP contribution in [0.3, 0.4) is 0 Å². The second kappa shape index (κ2) is 7.96. The lowest BCUT2D eigenvalue weighted by Crippen LogP contribution is -2.51. The molecule has 4 heteroatoms. The van der Waals surface area contributed by atoms with E-state index in [0.717, 1.165) is 18.8 Å². The normalized spacial score (nSPS) is 23.4. The molecule has 0 aromatic heterocycles. The Morgan fingerprint density at radius 2 is 1.75 bits per heavy atom. The number of amides is 1. The summed E-state index contributed by atoms with van der Waals surface area (Å²) in [5, 5.41) is 3.20. The molecule has 0 aromatic rings. The fourth-order valence-corrected chi connectivity index (χ4v) is 3.74. The third-order valence-corrected chi connectivity index (χ3v) is 5.38. The molecule has 1 aliphatic rings. The second-order valence-electron chi connectivity index (χ2n) is 6.13. The van der Waals surface area contributed by atoms with Crippen LogP contribution in [0.1, 0.15) is 72.1 Å². The molecule has 0 heterocycles. The van der Waals surface area contributed by atoms with Crippen LogP contribution in [0.4, 0.5) is 0 Å². The smallest absolute Gasteiger partial charge is 0.233 e. The summed E-state index contributed by atoms with van der Waals surface area (Å²) >= 11 is 5.14. The zero-order chi connectivity index (χ0) is 15.2. The van der Waals surface area contributed by atoms with Crippen molar-refractivity contribution in [2.45, 2.75) is 78.2 Å². The Hall–Kier alpha value is -0.640. The van der Waals surface area contributed by atoms with Gasteiger partial charge >= 0.3 is 0 Å². The summed E-state index contributed by atoms with van der Waals surface area (Å²) in [6.45, 7) is 6.22. The van der Waals surface area contributed by atoms with Gasteiger partial charge in [-0.3, -0.25) is 4.79 Å². The maximum absolute atomic E-state index is 12.6. The Labute approximate surface area is 129 Å². The third-order valence-electron chi connectivity index (χ3n) is 4.99. The number of carbonyl (C=O) groups excluding carboxylic acids is 1. The molecule has 1 aliphatic carbocycles. The van der Waals surface area contributed by atoms with E-state index in [0.29, 0.717) is 23.9 Å². The lowest BCUT2D eigenvalue weighted by molar-refractivity contribution is -0.128. The van der Waals surface area contributed by atoms with E-state index >= 15 is 0 Å². The van der Waals surface area contributed by atoms with Gasteiger partial charge in [-0.15, -0.1) is 0 Å². The van der Waals surface area contributed by atoms with E-state index in [1.165, 1.54) is 25.7 Å². The topological polar surface area (TPSA) is 55.1 Å². The molecule has 3 N–H and O–H groups in total. The van der Waals surface area contributed by atoms with E-state index in [1.54, 1.807) is 0 Å². The van der Waals surface area contributed by atoms with Crippen molar-refractivity contribution in [1.82, 2.24) is 5.32 Å². The van der Waals surface area contributed by atoms with E-state index in [-0.39, 0.29) is 5.91 Å². The summed E-state index contributed by atoms with van der Waals surface area (Å²) in [5.41, 5.74) is 5.17. The van der Waals surface area contributed by atoms with Gasteiger partial charge in [0.15, 0.2) is 0 Å². The van der Waals surface area contributed by atoms with Crippen LogP contribution < -0.4 is 11.1 Å². The van der Waals surface area contributed by atoms with Gasteiger partial charge in [-0.2, -0.15) is 0 Å². The molecular formula is C16H30N2OS. The van der Waals surface area contributed by atoms with Gasteiger partial charge in [0.25, 0.3) is 0 Å². The molecule has 116 valence electrons. The predicted octanol–water partition coefficient (Wildman–Crippen LogP) is 3.55. The molecule has 0 atom stereocenters. The van der Waals surface area contributed by atoms with E-state index in [9.17, 15) is 4.79 Å². The van der Waals surface area contributed by atoms with Gasteiger partial charge in [-0.05, 0) is 44.4 Å². The standard InChI is InChI=1S/C16H30N2OS/c1-4-7-12-8-10-13(11-9-12)18-15(19)16(5-2,6-3)14(17)20/h12-13H,4-11H2,1-3H3,(H2,17,20)(H,18,19). The first kappa shape index (κ1) is 17.4. The molecule has 0 radical (unpaired) electrons. The molecule has 0 bridgehead atoms. The van der Waals surface area contributed by atoms with Crippen molar-refractivity contribution in [3.8, 4) is 0 Å². The minimum Gasteiger partial charge on any atom is -0.392 e. The zero-order valence-electron chi connectivity index (χ0n) is 13.2. The third kappa shape index (κ3) is 3.94. The fourth-order valence-electron chi connectivity index (χ4n) is 3.36. The number of hydrogen-bond acceptors (Lipinski definition) is 2. The van der Waals surface area contributed by atoms with Crippen molar-refractivity contribution in [2.24, 2.45) is 17.1 Å². The summed E-state index contributed by atoms with van der Waals surface area (Å²) in [4.78, 5) is 12.9. The maximum Gasteiger partial charge on any atom is 0.233 e. The molecule has 3 nitrogen and oxygen atoms in total. The molecular weight excluding hydrogens is 268 g/mol. The summed E-state index contributed by atoms with van der Waals surface area (Å²) < 4.78 is 0. The predicted molar refractivity (Wildman–Crippen MR) is 88.6 cm³/mol. The molecule has 1 rings (SSSR count). The highest BCUT2D eigenvalue weighted by molar-refractivity contribution is 7.80. The van der Waals surface area contributed by atoms with E-state index < -0.39 is 5.41 Å². The van der Waals surface area contributed by atoms with E-state index in [1.807, 2.05) is 13.8 Å². The van der Waals surface area contributed by atoms with Crippen LogP contribution in [0.25, 0.3) is 0 Å². The summed E-state index contributed by atoms with van der Waals surface area (Å²) in [6.07, 6.45) is 8.59. The molecule has 1 fully saturated rings. The minimum absolute atomic E-state index is 0.0361. The number of rotatable bonds is 7. The molecule has 1 amide bonds. The Morgan fingerprint density at radius 3 is 2.15 bits per heavy atom. The highest BCUT2D eigenvalue weighted by Crippen LogP contribution is 2.31. The van der Waals surface area contributed by atoms with Crippen LogP contribution >= 0.6 is 12.2 Å². The van der Waals surface area contributed by atoms with Crippen LogP contribution in [0.2, 0.25) is 0 Å². The van der Waals surface area contributed by atoms with Crippen molar-refractivity contribution in [3.63, 3.8) is 0 Å². The van der Waals surface area contributed by atoms with Crippen LogP contribution in [0.5, 0.6) is 0 Å². The van der Waals surface area contributed by atoms with Crippen molar-refractivity contribution >= 4 is 23.1 Å². The SMILES string of the molecule is CCCC1CCC(NC(=O)C(CC)(CC)C(N)=S)CC1. The molecule has 0 aliphatic heterocycles. The molecule has 0 unspecified atom stereocenters. The highest BCUT2D eigenvalue weighted by atomic mass is 32.1. The first-order valence-corrected chi connectivity index (χ1v) is 8.51. The van der Waals surface area contributed by atoms with Gasteiger partial charge in [0.2, 0.25) is 5.91 Å². The van der Waals surface area contributed by atoms with E-state index in [4.69, 9.17) is 18.0 Å². The quantitative estimate of drug-likeness (QED) is 0.707. The summed E-state index contributed by atoms with van der Waals surface area (Å²) in [5.74, 6) is 0.889. The lowest BCUT2D eigenvalue weighted by Gasteiger charge is -2.34. The van der Waals surface area contributed by atoms with Gasteiger partial charge in [0.1, 0.15) is 0 Å². The fraction of sp³-hybridized carbons (Fsp3) is 0.875. The van der Waals surface area contributed by atoms with Crippen molar-refractivity contribution in [2.75, 3.05) is 0 Å². The van der Waals surface area contributed by atoms with Crippen molar-refractivity contribution in [3.05, 3.63) is 0 Å². The Kier molecular flexibility index (Phi) is 6.93. The number of nitrogens with one attached hydrogen (secondary N) is 1. The Bertz CT molecular complexity index is 331. The largest absolute Gasteiger partial charge is 0.392 e. The molecule has 0 aromatic carbocycles. The first-order valence-electron chi connectivity index (χ1n) is 8.11. The first-order chi connectivity index (χ1) is 9.50.